The van der Waals surface area contributed by atoms with Crippen LogP contribution in [-0.4, -0.2) is 54.7 Å². The van der Waals surface area contributed by atoms with Gasteiger partial charge in [0.05, 0.1) is 0 Å². The van der Waals surface area contributed by atoms with Gasteiger partial charge in [0.15, 0.2) is 0 Å². The molecule has 4 aliphatic carbocycles. The summed E-state index contributed by atoms with van der Waals surface area (Å²) in [7, 11) is 0. The Balaban J connectivity index is 1.26. The number of esters is 1. The van der Waals surface area contributed by atoms with Gasteiger partial charge in [0.25, 0.3) is 0 Å². The van der Waals surface area contributed by atoms with Crippen LogP contribution in [0.25, 0.3) is 0 Å². The second-order valence-corrected chi connectivity index (χ2v) is 15.2. The molecule has 8 heteroatoms. The van der Waals surface area contributed by atoms with Crippen molar-refractivity contribution in [2.75, 3.05) is 29.7 Å². The second-order valence-electron chi connectivity index (χ2n) is 14.5. The minimum atomic E-state index is -0.736. The summed E-state index contributed by atoms with van der Waals surface area (Å²) in [4.78, 5) is 40.5. The zero-order valence-corrected chi connectivity index (χ0v) is 27.9. The third-order valence-corrected chi connectivity index (χ3v) is 12.4. The van der Waals surface area contributed by atoms with Crippen molar-refractivity contribution in [3.8, 4) is 0 Å². The first-order valence-corrected chi connectivity index (χ1v) is 17.5. The maximum atomic E-state index is 13.7. The van der Waals surface area contributed by atoms with Crippen LogP contribution in [0, 0.1) is 40.4 Å². The van der Waals surface area contributed by atoms with E-state index in [0.717, 1.165) is 56.2 Å². The van der Waals surface area contributed by atoms with Gasteiger partial charge in [-0.15, -0.1) is 23.2 Å². The zero-order chi connectivity index (χ0) is 30.9. The SMILES string of the molecule is CC(=O)N[C@H](Cc1ccc(N(CCCl)CCCl)cc1)C(=O)O[C@@H]1CC[C@H]2[C@@H]3CC[C@@H]4CC(=O)[C@@H](C)C[C@]4(C)[C@H]3CC[C@]12C. The highest BCUT2D eigenvalue weighted by Gasteiger charge is 2.61. The van der Waals surface area contributed by atoms with E-state index in [9.17, 15) is 14.4 Å². The molecule has 0 aliphatic heterocycles. The average molecular weight is 634 g/mol. The van der Waals surface area contributed by atoms with Gasteiger partial charge in [0, 0.05) is 61.6 Å². The van der Waals surface area contributed by atoms with Crippen molar-refractivity contribution in [3.63, 3.8) is 0 Å². The van der Waals surface area contributed by atoms with E-state index in [0.29, 0.717) is 60.7 Å². The van der Waals surface area contributed by atoms with Crippen molar-refractivity contribution >= 4 is 46.5 Å². The van der Waals surface area contributed by atoms with Crippen LogP contribution in [0.4, 0.5) is 5.69 Å². The molecule has 5 rings (SSSR count). The fourth-order valence-corrected chi connectivity index (χ4v) is 10.3. The van der Waals surface area contributed by atoms with Gasteiger partial charge in [-0.3, -0.25) is 9.59 Å². The Labute approximate surface area is 268 Å². The fourth-order valence-electron chi connectivity index (χ4n) is 9.86. The maximum absolute atomic E-state index is 13.7. The number of rotatable bonds is 10. The summed E-state index contributed by atoms with van der Waals surface area (Å²) in [5, 5.41) is 2.87. The van der Waals surface area contributed by atoms with Crippen molar-refractivity contribution in [2.45, 2.75) is 97.6 Å². The molecule has 4 aliphatic rings. The van der Waals surface area contributed by atoms with E-state index < -0.39 is 6.04 Å². The zero-order valence-electron chi connectivity index (χ0n) is 26.4. The molecule has 4 fully saturated rings. The smallest absolute Gasteiger partial charge is 0.329 e. The normalized spacial score (nSPS) is 35.7. The van der Waals surface area contributed by atoms with E-state index >= 15 is 0 Å². The first-order valence-electron chi connectivity index (χ1n) is 16.5. The molecular formula is C35H50Cl2N2O4. The van der Waals surface area contributed by atoms with Crippen LogP contribution >= 0.6 is 23.2 Å². The van der Waals surface area contributed by atoms with E-state index in [1.165, 1.54) is 13.3 Å². The largest absolute Gasteiger partial charge is 0.460 e. The third-order valence-electron chi connectivity index (χ3n) is 12.1. The Morgan fingerprint density at radius 2 is 1.67 bits per heavy atom. The number of ketones is 1. The van der Waals surface area contributed by atoms with E-state index in [1.807, 2.05) is 24.3 Å². The number of alkyl halides is 2. The first-order chi connectivity index (χ1) is 20.5. The van der Waals surface area contributed by atoms with E-state index in [2.05, 4.69) is 31.0 Å². The van der Waals surface area contributed by atoms with Crippen LogP contribution in [0.2, 0.25) is 0 Å². The van der Waals surface area contributed by atoms with Gasteiger partial charge in [-0.2, -0.15) is 0 Å². The van der Waals surface area contributed by atoms with Gasteiger partial charge in [-0.05, 0) is 91.7 Å². The molecule has 0 spiro atoms. The standard InChI is InChI=1S/C35H50Cl2N2O4/c1-22-21-35(4)25(20-31(22)41)7-10-27-28-11-12-32(34(28,3)14-13-29(27)35)43-33(42)30(38-23(2)40)19-24-5-8-26(9-6-24)39(17-15-36)18-16-37/h5-6,8-9,22,25,27-30,32H,7,10-21H2,1-4H3,(H,38,40)/t22-,25+,27-,28-,29-,30+,32+,34-,35-/m0/s1. The molecule has 6 nitrogen and oxygen atoms in total. The number of anilines is 1. The van der Waals surface area contributed by atoms with Crippen molar-refractivity contribution in [3.05, 3.63) is 29.8 Å². The quantitative estimate of drug-likeness (QED) is 0.227. The maximum Gasteiger partial charge on any atom is 0.329 e. The minimum Gasteiger partial charge on any atom is -0.460 e. The van der Waals surface area contributed by atoms with Crippen molar-refractivity contribution in [1.82, 2.24) is 5.32 Å². The highest BCUT2D eigenvalue weighted by atomic mass is 35.5. The van der Waals surface area contributed by atoms with Crippen LogP contribution in [-0.2, 0) is 25.5 Å². The Kier molecular flexibility index (Phi) is 10.1. The molecule has 1 aromatic carbocycles. The van der Waals surface area contributed by atoms with Crippen LogP contribution in [0.15, 0.2) is 24.3 Å². The van der Waals surface area contributed by atoms with Gasteiger partial charge in [0.1, 0.15) is 17.9 Å². The summed E-state index contributed by atoms with van der Waals surface area (Å²) in [5.74, 6) is 3.40. The van der Waals surface area contributed by atoms with Gasteiger partial charge in [0.2, 0.25) is 5.91 Å². The van der Waals surface area contributed by atoms with E-state index in [1.54, 1.807) is 0 Å². The number of benzene rings is 1. The molecule has 9 atom stereocenters. The van der Waals surface area contributed by atoms with Crippen molar-refractivity contribution in [1.29, 1.82) is 0 Å². The molecule has 43 heavy (non-hydrogen) atoms. The van der Waals surface area contributed by atoms with Gasteiger partial charge >= 0.3 is 5.97 Å². The third kappa shape index (κ3) is 6.48. The first kappa shape index (κ1) is 32.6. The number of halogens is 2. The molecule has 0 heterocycles. The molecule has 1 amide bonds. The Hall–Kier alpha value is -1.79. The molecule has 0 bridgehead atoms. The fraction of sp³-hybridized carbons (Fsp3) is 0.743. The highest BCUT2D eigenvalue weighted by molar-refractivity contribution is 6.18. The Bertz CT molecular complexity index is 1170. The lowest BCUT2D eigenvalue weighted by atomic mass is 9.44. The molecular weight excluding hydrogens is 583 g/mol. The summed E-state index contributed by atoms with van der Waals surface area (Å²) in [6.45, 7) is 9.81. The molecule has 1 aromatic rings. The van der Waals surface area contributed by atoms with Crippen LogP contribution in [0.5, 0.6) is 0 Å². The lowest BCUT2D eigenvalue weighted by molar-refractivity contribution is -0.168. The predicted octanol–water partition coefficient (Wildman–Crippen LogP) is 6.79. The lowest BCUT2D eigenvalue weighted by Crippen LogP contribution is -2.55. The molecule has 1 N–H and O–H groups in total. The topological polar surface area (TPSA) is 75.7 Å². The monoisotopic (exact) mass is 632 g/mol. The molecule has 0 radical (unpaired) electrons. The number of carbonyl (C=O) groups is 3. The van der Waals surface area contributed by atoms with Crippen molar-refractivity contribution < 1.29 is 19.1 Å². The lowest BCUT2D eigenvalue weighted by Gasteiger charge is -2.60. The molecule has 238 valence electrons. The summed E-state index contributed by atoms with van der Waals surface area (Å²) >= 11 is 12.0. The van der Waals surface area contributed by atoms with E-state index in [-0.39, 0.29) is 34.7 Å². The van der Waals surface area contributed by atoms with Crippen molar-refractivity contribution in [2.24, 2.45) is 40.4 Å². The van der Waals surface area contributed by atoms with Crippen LogP contribution in [0.1, 0.15) is 84.6 Å². The van der Waals surface area contributed by atoms with E-state index in [4.69, 9.17) is 27.9 Å². The number of carbonyl (C=O) groups excluding carboxylic acids is 3. The number of nitrogens with zero attached hydrogens (tertiary/aromatic N) is 1. The van der Waals surface area contributed by atoms with Gasteiger partial charge in [-0.25, -0.2) is 4.79 Å². The number of nitrogens with one attached hydrogen (secondary N) is 1. The number of amides is 1. The molecule has 0 aromatic heterocycles. The number of fused-ring (bicyclic) bond motifs is 5. The summed E-state index contributed by atoms with van der Waals surface area (Å²) in [5.41, 5.74) is 2.18. The molecule has 0 unspecified atom stereocenters. The number of hydrogen-bond donors (Lipinski definition) is 1. The minimum absolute atomic E-state index is 0.0488. The summed E-state index contributed by atoms with van der Waals surface area (Å²) in [6, 6.07) is 7.29. The van der Waals surface area contributed by atoms with Gasteiger partial charge < -0.3 is 15.0 Å². The Morgan fingerprint density at radius 3 is 2.33 bits per heavy atom. The second kappa shape index (κ2) is 13.3. The Morgan fingerprint density at radius 1 is 1.00 bits per heavy atom. The number of Topliss-reactive ketones (excluding diaryl/α,β-unsaturated/α-hetero) is 1. The highest BCUT2D eigenvalue weighted by Crippen LogP contribution is 2.66. The summed E-state index contributed by atoms with van der Waals surface area (Å²) < 4.78 is 6.35. The van der Waals surface area contributed by atoms with Crippen LogP contribution < -0.4 is 10.2 Å². The average Bonchev–Trinajstić information content (AvgIpc) is 3.29. The van der Waals surface area contributed by atoms with Crippen LogP contribution in [0.3, 0.4) is 0 Å². The summed E-state index contributed by atoms with van der Waals surface area (Å²) in [6.07, 6.45) is 8.50. The number of ether oxygens (including phenoxy) is 1. The van der Waals surface area contributed by atoms with Gasteiger partial charge in [-0.1, -0.05) is 32.9 Å². The predicted molar refractivity (Wildman–Crippen MR) is 173 cm³/mol. The molecule has 4 saturated carbocycles. The molecule has 0 saturated heterocycles. The number of hydrogen-bond acceptors (Lipinski definition) is 5.